The average Bonchev–Trinajstić information content (AvgIpc) is 3.05. The van der Waals surface area contributed by atoms with Gasteiger partial charge in [0.05, 0.1) is 11.6 Å². The number of rotatable bonds is 4. The van der Waals surface area contributed by atoms with Crippen LogP contribution in [0.4, 0.5) is 6.01 Å². The van der Waals surface area contributed by atoms with E-state index in [1.54, 1.807) is 7.11 Å². The molecular formula is C12H12BrN3O2. The number of benzene rings is 1. The van der Waals surface area contributed by atoms with Gasteiger partial charge in [-0.15, -0.1) is 0 Å². The topological polar surface area (TPSA) is 60.2 Å². The number of hydrogen-bond donors (Lipinski definition) is 1. The molecule has 1 aromatic carbocycles. The van der Waals surface area contributed by atoms with Crippen LogP contribution >= 0.6 is 15.9 Å². The molecule has 3 rings (SSSR count). The Morgan fingerprint density at radius 1 is 1.44 bits per heavy atom. The van der Waals surface area contributed by atoms with E-state index in [4.69, 9.17) is 9.26 Å². The highest BCUT2D eigenvalue weighted by atomic mass is 79.9. The zero-order chi connectivity index (χ0) is 12.5. The van der Waals surface area contributed by atoms with Gasteiger partial charge < -0.3 is 14.6 Å². The van der Waals surface area contributed by atoms with Gasteiger partial charge in [0, 0.05) is 11.6 Å². The Morgan fingerprint density at radius 3 is 2.94 bits per heavy atom. The zero-order valence-corrected chi connectivity index (χ0v) is 11.4. The van der Waals surface area contributed by atoms with Crippen LogP contribution in [0, 0.1) is 0 Å². The third-order valence-electron chi connectivity index (χ3n) is 2.74. The van der Waals surface area contributed by atoms with E-state index in [-0.39, 0.29) is 0 Å². The lowest BCUT2D eigenvalue weighted by Gasteiger charge is -2.03. The van der Waals surface area contributed by atoms with Crippen molar-refractivity contribution in [3.63, 3.8) is 0 Å². The fourth-order valence-corrected chi connectivity index (χ4v) is 2.15. The summed E-state index contributed by atoms with van der Waals surface area (Å²) in [4.78, 5) is 4.31. The third kappa shape index (κ3) is 2.33. The largest absolute Gasteiger partial charge is 0.496 e. The molecule has 0 atom stereocenters. The summed E-state index contributed by atoms with van der Waals surface area (Å²) in [6, 6.07) is 6.66. The molecule has 1 aliphatic carbocycles. The Hall–Kier alpha value is -1.56. The van der Waals surface area contributed by atoms with Gasteiger partial charge in [-0.2, -0.15) is 4.98 Å². The van der Waals surface area contributed by atoms with E-state index < -0.39 is 0 Å². The first-order valence-corrected chi connectivity index (χ1v) is 6.50. The average molecular weight is 310 g/mol. The van der Waals surface area contributed by atoms with Gasteiger partial charge in [-0.25, -0.2) is 0 Å². The van der Waals surface area contributed by atoms with Crippen LogP contribution in [-0.4, -0.2) is 23.3 Å². The van der Waals surface area contributed by atoms with Crippen LogP contribution in [0.3, 0.4) is 0 Å². The Morgan fingerprint density at radius 2 is 2.28 bits per heavy atom. The first-order valence-electron chi connectivity index (χ1n) is 5.70. The molecule has 1 aliphatic rings. The maximum Gasteiger partial charge on any atom is 0.322 e. The Kier molecular flexibility index (Phi) is 2.95. The lowest BCUT2D eigenvalue weighted by Crippen LogP contribution is -2.00. The fraction of sp³-hybridized carbons (Fsp3) is 0.333. The number of halogens is 1. The predicted molar refractivity (Wildman–Crippen MR) is 70.6 cm³/mol. The lowest BCUT2D eigenvalue weighted by molar-refractivity contribution is 0.412. The van der Waals surface area contributed by atoms with Crippen molar-refractivity contribution in [3.8, 4) is 17.1 Å². The summed E-state index contributed by atoms with van der Waals surface area (Å²) in [7, 11) is 1.63. The Balaban J connectivity index is 1.84. The molecule has 0 unspecified atom stereocenters. The molecule has 0 aliphatic heterocycles. The second-order valence-electron chi connectivity index (χ2n) is 4.19. The molecule has 0 amide bonds. The van der Waals surface area contributed by atoms with Gasteiger partial charge in [-0.05, 0) is 47.0 Å². The molecule has 0 saturated heterocycles. The third-order valence-corrected chi connectivity index (χ3v) is 3.36. The Bertz CT molecular complexity index is 566. The minimum Gasteiger partial charge on any atom is -0.496 e. The SMILES string of the molecule is COc1ccc(-c2noc(NC3CC3)n2)cc1Br. The molecule has 2 aromatic rings. The van der Waals surface area contributed by atoms with E-state index in [0.29, 0.717) is 17.9 Å². The van der Waals surface area contributed by atoms with Gasteiger partial charge in [-0.3, -0.25) is 0 Å². The van der Waals surface area contributed by atoms with Crippen LogP contribution in [0.15, 0.2) is 27.2 Å². The monoisotopic (exact) mass is 309 g/mol. The lowest BCUT2D eigenvalue weighted by atomic mass is 10.2. The molecule has 6 heteroatoms. The molecule has 1 fully saturated rings. The summed E-state index contributed by atoms with van der Waals surface area (Å²) >= 11 is 3.43. The highest BCUT2D eigenvalue weighted by Crippen LogP contribution is 2.30. The van der Waals surface area contributed by atoms with E-state index in [9.17, 15) is 0 Å². The molecular weight excluding hydrogens is 298 g/mol. The van der Waals surface area contributed by atoms with E-state index in [2.05, 4.69) is 31.4 Å². The van der Waals surface area contributed by atoms with Crippen molar-refractivity contribution in [2.75, 3.05) is 12.4 Å². The van der Waals surface area contributed by atoms with Crippen LogP contribution in [0.2, 0.25) is 0 Å². The van der Waals surface area contributed by atoms with Gasteiger partial charge in [0.2, 0.25) is 5.82 Å². The molecule has 0 radical (unpaired) electrons. The van der Waals surface area contributed by atoms with Crippen LogP contribution in [0.25, 0.3) is 11.4 Å². The van der Waals surface area contributed by atoms with Gasteiger partial charge in [0.15, 0.2) is 0 Å². The summed E-state index contributed by atoms with van der Waals surface area (Å²) in [5.41, 5.74) is 0.885. The van der Waals surface area contributed by atoms with E-state index in [0.717, 1.165) is 15.8 Å². The smallest absolute Gasteiger partial charge is 0.322 e. The van der Waals surface area contributed by atoms with Crippen molar-refractivity contribution in [1.29, 1.82) is 0 Å². The van der Waals surface area contributed by atoms with Crippen LogP contribution in [0.1, 0.15) is 12.8 Å². The van der Waals surface area contributed by atoms with E-state index in [1.165, 1.54) is 12.8 Å². The molecule has 5 nitrogen and oxygen atoms in total. The quantitative estimate of drug-likeness (QED) is 0.940. The summed E-state index contributed by atoms with van der Waals surface area (Å²) in [6.07, 6.45) is 2.34. The van der Waals surface area contributed by atoms with Crippen molar-refractivity contribution in [3.05, 3.63) is 22.7 Å². The van der Waals surface area contributed by atoms with Crippen molar-refractivity contribution in [2.45, 2.75) is 18.9 Å². The van der Waals surface area contributed by atoms with Gasteiger partial charge in [0.25, 0.3) is 0 Å². The molecule has 1 aromatic heterocycles. The number of aromatic nitrogens is 2. The maximum absolute atomic E-state index is 5.18. The van der Waals surface area contributed by atoms with Gasteiger partial charge >= 0.3 is 6.01 Å². The normalized spacial score (nSPS) is 14.6. The maximum atomic E-state index is 5.18. The van der Waals surface area contributed by atoms with E-state index in [1.807, 2.05) is 18.2 Å². The fourth-order valence-electron chi connectivity index (χ4n) is 1.61. The van der Waals surface area contributed by atoms with Crippen molar-refractivity contribution < 1.29 is 9.26 Å². The number of nitrogens with one attached hydrogen (secondary N) is 1. The minimum atomic E-state index is 0.486. The highest BCUT2D eigenvalue weighted by Gasteiger charge is 2.23. The molecule has 0 bridgehead atoms. The van der Waals surface area contributed by atoms with Crippen molar-refractivity contribution in [2.24, 2.45) is 0 Å². The van der Waals surface area contributed by atoms with Crippen molar-refractivity contribution in [1.82, 2.24) is 10.1 Å². The standard InChI is InChI=1S/C12H12BrN3O2/c1-17-10-5-2-7(6-9(10)13)11-15-12(18-16-11)14-8-3-4-8/h2,5-6,8H,3-4H2,1H3,(H,14,15,16). The van der Waals surface area contributed by atoms with Crippen LogP contribution < -0.4 is 10.1 Å². The number of hydrogen-bond acceptors (Lipinski definition) is 5. The number of anilines is 1. The van der Waals surface area contributed by atoms with Gasteiger partial charge in [0.1, 0.15) is 5.75 Å². The first kappa shape index (κ1) is 11.5. The van der Waals surface area contributed by atoms with Crippen LogP contribution in [0.5, 0.6) is 5.75 Å². The number of methoxy groups -OCH3 is 1. The second-order valence-corrected chi connectivity index (χ2v) is 5.05. The Labute approximate surface area is 113 Å². The molecule has 18 heavy (non-hydrogen) atoms. The molecule has 1 N–H and O–H groups in total. The summed E-state index contributed by atoms with van der Waals surface area (Å²) in [5, 5.41) is 7.12. The predicted octanol–water partition coefficient (Wildman–Crippen LogP) is 3.08. The second kappa shape index (κ2) is 4.61. The van der Waals surface area contributed by atoms with Gasteiger partial charge in [-0.1, -0.05) is 5.16 Å². The van der Waals surface area contributed by atoms with Crippen LogP contribution in [-0.2, 0) is 0 Å². The summed E-state index contributed by atoms with van der Waals surface area (Å²) in [6.45, 7) is 0. The number of nitrogens with zero attached hydrogens (tertiary/aromatic N) is 2. The molecule has 1 heterocycles. The summed E-state index contributed by atoms with van der Waals surface area (Å²) < 4.78 is 11.2. The molecule has 1 saturated carbocycles. The summed E-state index contributed by atoms with van der Waals surface area (Å²) in [5.74, 6) is 1.35. The first-order chi connectivity index (χ1) is 8.76. The van der Waals surface area contributed by atoms with E-state index >= 15 is 0 Å². The molecule has 0 spiro atoms. The minimum absolute atomic E-state index is 0.486. The zero-order valence-electron chi connectivity index (χ0n) is 9.81. The van der Waals surface area contributed by atoms with Crippen molar-refractivity contribution >= 4 is 21.9 Å². The number of ether oxygens (including phenoxy) is 1. The molecule has 94 valence electrons. The highest BCUT2D eigenvalue weighted by molar-refractivity contribution is 9.10.